The van der Waals surface area contributed by atoms with Gasteiger partial charge < -0.3 is 16.4 Å². The molecule has 1 aliphatic heterocycles. The highest BCUT2D eigenvalue weighted by atomic mass is 35.5. The van der Waals surface area contributed by atoms with Gasteiger partial charge in [0.2, 0.25) is 0 Å². The molecule has 1 aromatic carbocycles. The molecule has 1 fully saturated rings. The third-order valence-corrected chi connectivity index (χ3v) is 3.61. The summed E-state index contributed by atoms with van der Waals surface area (Å²) < 4.78 is 15.1. The van der Waals surface area contributed by atoms with Crippen LogP contribution in [0.4, 0.5) is 16.0 Å². The number of para-hydroxylation sites is 1. The van der Waals surface area contributed by atoms with E-state index in [1.54, 1.807) is 0 Å². The van der Waals surface area contributed by atoms with Crippen LogP contribution >= 0.6 is 11.6 Å². The molecule has 108 valence electrons. The zero-order valence-electron chi connectivity index (χ0n) is 10.9. The minimum atomic E-state index is -0.557. The molecular formula is C13H12ClFN6. The number of anilines is 2. The topological polar surface area (TPSA) is 91.7 Å². The van der Waals surface area contributed by atoms with Crippen molar-refractivity contribution in [3.8, 4) is 11.8 Å². The van der Waals surface area contributed by atoms with Gasteiger partial charge in [-0.3, -0.25) is 0 Å². The Hall–Kier alpha value is -2.30. The predicted octanol–water partition coefficient (Wildman–Crippen LogP) is 1.50. The van der Waals surface area contributed by atoms with Crippen LogP contribution in [0.3, 0.4) is 0 Å². The summed E-state index contributed by atoms with van der Waals surface area (Å²) in [6.07, 6.45) is 0. The molecule has 0 spiro atoms. The largest absolute Gasteiger partial charge is 0.382 e. The highest BCUT2D eigenvalue weighted by Gasteiger charge is 2.24. The number of hydrogen-bond acceptors (Lipinski definition) is 5. The van der Waals surface area contributed by atoms with Crippen LogP contribution in [0.2, 0.25) is 5.02 Å². The van der Waals surface area contributed by atoms with E-state index in [1.165, 1.54) is 18.2 Å². The van der Waals surface area contributed by atoms with Gasteiger partial charge in [0, 0.05) is 13.1 Å². The van der Waals surface area contributed by atoms with Crippen molar-refractivity contribution in [1.29, 1.82) is 5.26 Å². The molecule has 2 aromatic rings. The normalized spacial score (nSPS) is 14.5. The van der Waals surface area contributed by atoms with Crippen molar-refractivity contribution in [2.24, 2.45) is 0 Å². The fourth-order valence-corrected chi connectivity index (χ4v) is 2.33. The van der Waals surface area contributed by atoms with Crippen molar-refractivity contribution < 1.29 is 4.39 Å². The van der Waals surface area contributed by atoms with Gasteiger partial charge in [0.25, 0.3) is 0 Å². The summed E-state index contributed by atoms with van der Waals surface area (Å²) >= 11 is 6.02. The molecule has 0 unspecified atom stereocenters. The molecular weight excluding hydrogens is 295 g/mol. The van der Waals surface area contributed by atoms with Crippen molar-refractivity contribution in [1.82, 2.24) is 15.1 Å². The van der Waals surface area contributed by atoms with Gasteiger partial charge in [-0.2, -0.15) is 5.26 Å². The smallest absolute Gasteiger partial charge is 0.169 e. The van der Waals surface area contributed by atoms with E-state index in [0.717, 1.165) is 17.8 Å². The van der Waals surface area contributed by atoms with Crippen molar-refractivity contribution >= 4 is 23.2 Å². The Kier molecular flexibility index (Phi) is 3.41. The second kappa shape index (κ2) is 5.24. The van der Waals surface area contributed by atoms with Gasteiger partial charge in [-0.1, -0.05) is 17.7 Å². The molecule has 6 nitrogen and oxygen atoms in total. The highest BCUT2D eigenvalue weighted by molar-refractivity contribution is 6.32. The monoisotopic (exact) mass is 306 g/mol. The van der Waals surface area contributed by atoms with Crippen molar-refractivity contribution in [3.05, 3.63) is 34.6 Å². The summed E-state index contributed by atoms with van der Waals surface area (Å²) in [5.74, 6) is -0.168. The van der Waals surface area contributed by atoms with E-state index in [1.807, 2.05) is 6.07 Å². The Morgan fingerprint density at radius 3 is 2.86 bits per heavy atom. The molecule has 0 atom stereocenters. The Bertz CT molecular complexity index is 711. The summed E-state index contributed by atoms with van der Waals surface area (Å²) in [5.41, 5.74) is 6.13. The average Bonchev–Trinajstić information content (AvgIpc) is 2.70. The third-order valence-electron chi connectivity index (χ3n) is 3.30. The van der Waals surface area contributed by atoms with Crippen LogP contribution in [0, 0.1) is 17.1 Å². The first-order chi connectivity index (χ1) is 10.1. The first-order valence-electron chi connectivity index (χ1n) is 6.32. The second-order valence-corrected chi connectivity index (χ2v) is 5.11. The molecule has 2 heterocycles. The number of nitrogens with two attached hydrogens (primary N) is 1. The number of hydrogen-bond donors (Lipinski definition) is 3. The number of nitrogen functional groups attached to an aromatic ring is 1. The summed E-state index contributed by atoms with van der Waals surface area (Å²) in [7, 11) is 0. The lowest BCUT2D eigenvalue weighted by atomic mass is 10.2. The first-order valence-corrected chi connectivity index (χ1v) is 6.70. The third kappa shape index (κ3) is 2.28. The number of nitriles is 1. The molecule has 0 saturated carbocycles. The number of nitrogens with zero attached hydrogens (tertiary/aromatic N) is 3. The zero-order chi connectivity index (χ0) is 15.0. The Morgan fingerprint density at radius 1 is 1.52 bits per heavy atom. The molecule has 0 aliphatic carbocycles. The lowest BCUT2D eigenvalue weighted by Crippen LogP contribution is -2.51. The number of benzene rings is 1. The summed E-state index contributed by atoms with van der Waals surface area (Å²) in [4.78, 5) is 0. The van der Waals surface area contributed by atoms with E-state index in [0.29, 0.717) is 5.82 Å². The van der Waals surface area contributed by atoms with Crippen molar-refractivity contribution in [2.45, 2.75) is 6.04 Å². The second-order valence-electron chi connectivity index (χ2n) is 4.70. The molecule has 21 heavy (non-hydrogen) atoms. The van der Waals surface area contributed by atoms with Gasteiger partial charge in [-0.25, -0.2) is 9.07 Å². The fraction of sp³-hybridized carbons (Fsp3) is 0.231. The van der Waals surface area contributed by atoms with Crippen LogP contribution in [-0.2, 0) is 0 Å². The lowest BCUT2D eigenvalue weighted by Gasteiger charge is -2.27. The van der Waals surface area contributed by atoms with Gasteiger partial charge in [-0.15, -0.1) is 5.10 Å². The van der Waals surface area contributed by atoms with E-state index in [2.05, 4.69) is 15.7 Å². The average molecular weight is 307 g/mol. The standard InChI is InChI=1S/C13H12ClFN6/c14-9-2-1-3-10(15)11(9)21-12(17)8(4-16)13(20-21)19-7-5-18-6-7/h1-3,7,18H,5-6,17H2,(H,19,20). The van der Waals surface area contributed by atoms with E-state index in [4.69, 9.17) is 17.3 Å². The van der Waals surface area contributed by atoms with Crippen LogP contribution in [0.25, 0.3) is 5.69 Å². The minimum Gasteiger partial charge on any atom is -0.382 e. The SMILES string of the molecule is N#Cc1c(NC2CNC2)nn(-c2c(F)cccc2Cl)c1N. The van der Waals surface area contributed by atoms with Crippen molar-refractivity contribution in [3.63, 3.8) is 0 Å². The first kappa shape index (κ1) is 13.7. The quantitative estimate of drug-likeness (QED) is 0.799. The van der Waals surface area contributed by atoms with Crippen molar-refractivity contribution in [2.75, 3.05) is 24.1 Å². The highest BCUT2D eigenvalue weighted by Crippen LogP contribution is 2.30. The maximum atomic E-state index is 14.0. The van der Waals surface area contributed by atoms with Crippen LogP contribution in [0.1, 0.15) is 5.56 Å². The summed E-state index contributed by atoms with van der Waals surface area (Å²) in [6.45, 7) is 1.55. The molecule has 0 amide bonds. The predicted molar refractivity (Wildman–Crippen MR) is 77.9 cm³/mol. The molecule has 1 aromatic heterocycles. The van der Waals surface area contributed by atoms with Gasteiger partial charge in [0.15, 0.2) is 5.82 Å². The molecule has 0 radical (unpaired) electrons. The van der Waals surface area contributed by atoms with Gasteiger partial charge in [0.05, 0.1) is 11.1 Å². The van der Waals surface area contributed by atoms with E-state index < -0.39 is 5.82 Å². The van der Waals surface area contributed by atoms with Gasteiger partial charge in [0.1, 0.15) is 29.0 Å². The number of nitrogens with one attached hydrogen (secondary N) is 2. The lowest BCUT2D eigenvalue weighted by molar-refractivity contribution is 0.470. The minimum absolute atomic E-state index is 0.0351. The number of aromatic nitrogens is 2. The molecule has 8 heteroatoms. The zero-order valence-corrected chi connectivity index (χ0v) is 11.7. The van der Waals surface area contributed by atoms with Crippen LogP contribution in [0.15, 0.2) is 18.2 Å². The molecule has 3 rings (SSSR count). The summed E-state index contributed by atoms with van der Waals surface area (Å²) in [5, 5.41) is 19.8. The Balaban J connectivity index is 2.09. The summed E-state index contributed by atoms with van der Waals surface area (Å²) in [6, 6.07) is 6.46. The van der Waals surface area contributed by atoms with E-state index in [9.17, 15) is 9.65 Å². The van der Waals surface area contributed by atoms with Crippen LogP contribution < -0.4 is 16.4 Å². The maximum Gasteiger partial charge on any atom is 0.169 e. The van der Waals surface area contributed by atoms with Crippen LogP contribution in [-0.4, -0.2) is 28.9 Å². The molecule has 1 aliphatic rings. The van der Waals surface area contributed by atoms with E-state index >= 15 is 0 Å². The Morgan fingerprint density at radius 2 is 2.29 bits per heavy atom. The van der Waals surface area contributed by atoms with Gasteiger partial charge in [-0.05, 0) is 12.1 Å². The van der Waals surface area contributed by atoms with Gasteiger partial charge >= 0.3 is 0 Å². The Labute approximate surface area is 125 Å². The number of halogens is 2. The number of rotatable bonds is 3. The molecule has 4 N–H and O–H groups in total. The van der Waals surface area contributed by atoms with E-state index in [-0.39, 0.29) is 28.1 Å². The molecule has 0 bridgehead atoms. The van der Waals surface area contributed by atoms with Crippen LogP contribution in [0.5, 0.6) is 0 Å². The maximum absolute atomic E-state index is 14.0. The fourth-order valence-electron chi connectivity index (χ4n) is 2.09. The molecule has 1 saturated heterocycles.